The number of benzene rings is 2. The van der Waals surface area contributed by atoms with Crippen molar-refractivity contribution in [1.82, 2.24) is 0 Å². The topological polar surface area (TPSA) is 68.2 Å². The highest BCUT2D eigenvalue weighted by atomic mass is 19.1. The smallest absolute Gasteiger partial charge is 0.165 e. The summed E-state index contributed by atoms with van der Waals surface area (Å²) in [6.07, 6.45) is 8.88. The molecule has 0 radical (unpaired) electrons. The zero-order chi connectivity index (χ0) is 29.4. The molecule has 2 rings (SSSR count). The predicted octanol–water partition coefficient (Wildman–Crippen LogP) is 8.03. The molecular formula is C34H49FO5. The highest BCUT2D eigenvalue weighted by Gasteiger charge is 2.28. The van der Waals surface area contributed by atoms with Gasteiger partial charge in [-0.1, -0.05) is 71.2 Å². The molecule has 0 fully saturated rings. The van der Waals surface area contributed by atoms with Gasteiger partial charge in [0, 0.05) is 0 Å². The van der Waals surface area contributed by atoms with E-state index in [-0.39, 0.29) is 31.4 Å². The Morgan fingerprint density at radius 1 is 0.825 bits per heavy atom. The van der Waals surface area contributed by atoms with Gasteiger partial charge in [0.25, 0.3) is 0 Å². The van der Waals surface area contributed by atoms with Gasteiger partial charge in [0.2, 0.25) is 0 Å². The van der Waals surface area contributed by atoms with Gasteiger partial charge in [0.1, 0.15) is 11.5 Å². The average molecular weight is 557 g/mol. The quantitative estimate of drug-likeness (QED) is 0.0925. The first-order valence-electron chi connectivity index (χ1n) is 14.7. The van der Waals surface area contributed by atoms with Crippen molar-refractivity contribution in [2.24, 2.45) is 5.41 Å². The molecule has 2 N–H and O–H groups in total. The molecule has 0 saturated heterocycles. The number of unbranched alkanes of at least 4 members (excludes halogenated alkanes) is 5. The van der Waals surface area contributed by atoms with Gasteiger partial charge < -0.3 is 24.4 Å². The Labute approximate surface area is 240 Å². The second-order valence-corrected chi connectivity index (χ2v) is 10.7. The molecule has 0 aromatic heterocycles. The molecule has 0 aliphatic carbocycles. The predicted molar refractivity (Wildman–Crippen MR) is 161 cm³/mol. The first-order chi connectivity index (χ1) is 19.3. The van der Waals surface area contributed by atoms with E-state index in [0.717, 1.165) is 35.1 Å². The molecule has 0 heterocycles. The van der Waals surface area contributed by atoms with E-state index in [0.29, 0.717) is 44.0 Å². The summed E-state index contributed by atoms with van der Waals surface area (Å²) in [6.45, 7) is 14.5. The van der Waals surface area contributed by atoms with E-state index in [1.165, 1.54) is 31.7 Å². The minimum Gasteiger partial charge on any atom is -0.494 e. The molecular weight excluding hydrogens is 507 g/mol. The number of ether oxygens (including phenoxy) is 3. The zero-order valence-electron chi connectivity index (χ0n) is 24.8. The minimum atomic E-state index is -0.716. The molecule has 222 valence electrons. The van der Waals surface area contributed by atoms with E-state index in [1.54, 1.807) is 6.07 Å². The molecule has 40 heavy (non-hydrogen) atoms. The zero-order valence-corrected chi connectivity index (χ0v) is 24.8. The van der Waals surface area contributed by atoms with Crippen LogP contribution in [0.4, 0.5) is 4.39 Å². The lowest BCUT2D eigenvalue weighted by molar-refractivity contribution is 0.0111. The Kier molecular flexibility index (Phi) is 14.8. The van der Waals surface area contributed by atoms with Crippen LogP contribution in [0, 0.1) is 11.2 Å². The molecule has 0 amide bonds. The molecule has 0 spiro atoms. The Hall–Kier alpha value is -2.83. The van der Waals surface area contributed by atoms with Gasteiger partial charge in [-0.25, -0.2) is 4.39 Å². The normalized spacial score (nSPS) is 11.3. The number of hydrogen-bond acceptors (Lipinski definition) is 5. The third-order valence-corrected chi connectivity index (χ3v) is 7.38. The highest BCUT2D eigenvalue weighted by Crippen LogP contribution is 2.32. The van der Waals surface area contributed by atoms with Crippen LogP contribution in [-0.2, 0) is 11.2 Å². The fourth-order valence-electron chi connectivity index (χ4n) is 4.24. The monoisotopic (exact) mass is 556 g/mol. The number of aliphatic hydroxyl groups excluding tert-OH is 2. The summed E-state index contributed by atoms with van der Waals surface area (Å²) in [5, 5.41) is 19.7. The van der Waals surface area contributed by atoms with Gasteiger partial charge in [0.05, 0.1) is 38.4 Å². The number of halogens is 1. The van der Waals surface area contributed by atoms with E-state index < -0.39 is 5.41 Å². The summed E-state index contributed by atoms with van der Waals surface area (Å²) in [5.74, 6) is 1.13. The van der Waals surface area contributed by atoms with Crippen LogP contribution in [0.5, 0.6) is 11.5 Å². The fraction of sp³-hybridized carbons (Fsp3) is 0.529. The van der Waals surface area contributed by atoms with Crippen LogP contribution in [0.15, 0.2) is 60.9 Å². The molecule has 0 saturated carbocycles. The lowest BCUT2D eigenvalue weighted by Gasteiger charge is -2.28. The van der Waals surface area contributed by atoms with Crippen molar-refractivity contribution in [2.45, 2.75) is 78.6 Å². The molecule has 0 atom stereocenters. The van der Waals surface area contributed by atoms with Gasteiger partial charge in [0.15, 0.2) is 11.6 Å². The summed E-state index contributed by atoms with van der Waals surface area (Å²) >= 11 is 0. The van der Waals surface area contributed by atoms with Crippen molar-refractivity contribution in [2.75, 3.05) is 33.0 Å². The second-order valence-electron chi connectivity index (χ2n) is 10.7. The summed E-state index contributed by atoms with van der Waals surface area (Å²) in [7, 11) is 0. The van der Waals surface area contributed by atoms with Gasteiger partial charge in [-0.2, -0.15) is 0 Å². The van der Waals surface area contributed by atoms with E-state index in [2.05, 4.69) is 20.1 Å². The van der Waals surface area contributed by atoms with E-state index in [9.17, 15) is 14.6 Å². The van der Waals surface area contributed by atoms with E-state index in [4.69, 9.17) is 14.2 Å². The third-order valence-electron chi connectivity index (χ3n) is 7.38. The van der Waals surface area contributed by atoms with Gasteiger partial charge in [-0.15, -0.1) is 0 Å². The van der Waals surface area contributed by atoms with Crippen molar-refractivity contribution < 1.29 is 28.8 Å². The first-order valence-corrected chi connectivity index (χ1v) is 14.7. The summed E-state index contributed by atoms with van der Waals surface area (Å²) in [5.41, 5.74) is 2.62. The van der Waals surface area contributed by atoms with Crippen LogP contribution in [0.2, 0.25) is 0 Å². The van der Waals surface area contributed by atoms with Crippen LogP contribution in [0.1, 0.15) is 77.7 Å². The SMILES string of the molecule is C=C(C)C(=C)OCCCc1cc(-c2ccc(OCCCCCCCC)c(F)c2)ccc1OCC(CC)(CO)CO. The Morgan fingerprint density at radius 3 is 2.10 bits per heavy atom. The second kappa shape index (κ2) is 17.8. The van der Waals surface area contributed by atoms with E-state index >= 15 is 0 Å². The lowest BCUT2D eigenvalue weighted by atomic mass is 9.88. The molecule has 2 aromatic rings. The molecule has 0 aliphatic rings. The molecule has 0 unspecified atom stereocenters. The summed E-state index contributed by atoms with van der Waals surface area (Å²) in [4.78, 5) is 0. The molecule has 6 heteroatoms. The first kappa shape index (κ1) is 33.4. The molecule has 0 bridgehead atoms. The summed E-state index contributed by atoms with van der Waals surface area (Å²) in [6, 6.07) is 10.8. The molecule has 0 aliphatic heterocycles. The maximum atomic E-state index is 14.9. The van der Waals surface area contributed by atoms with Crippen LogP contribution in [0.3, 0.4) is 0 Å². The van der Waals surface area contributed by atoms with Crippen LogP contribution >= 0.6 is 0 Å². The van der Waals surface area contributed by atoms with Crippen molar-refractivity contribution in [3.05, 3.63) is 72.3 Å². The maximum Gasteiger partial charge on any atom is 0.165 e. The van der Waals surface area contributed by atoms with Crippen molar-refractivity contribution in [3.63, 3.8) is 0 Å². The largest absolute Gasteiger partial charge is 0.494 e. The number of aliphatic hydroxyl groups is 2. The number of allylic oxidation sites excluding steroid dienone is 1. The van der Waals surface area contributed by atoms with Crippen LogP contribution in [-0.4, -0.2) is 43.2 Å². The van der Waals surface area contributed by atoms with Crippen molar-refractivity contribution in [3.8, 4) is 22.6 Å². The Morgan fingerprint density at radius 2 is 1.48 bits per heavy atom. The minimum absolute atomic E-state index is 0.170. The fourth-order valence-corrected chi connectivity index (χ4v) is 4.24. The van der Waals surface area contributed by atoms with Gasteiger partial charge in [-0.3, -0.25) is 0 Å². The number of hydrogen-bond donors (Lipinski definition) is 2. The van der Waals surface area contributed by atoms with Crippen LogP contribution in [0.25, 0.3) is 11.1 Å². The Balaban J connectivity index is 2.14. The standard InChI is InChI=1S/C34H49FO5/c1-6-8-9-10-11-12-19-39-33-18-16-29(22-31(33)35)28-15-17-32(40-25-34(7-2,23-36)24-37)30(21-28)14-13-20-38-27(5)26(3)4/h15-18,21-22,36-37H,3,5-14,19-20,23-25H2,1-2,4H3. The van der Waals surface area contributed by atoms with Crippen molar-refractivity contribution >= 4 is 0 Å². The average Bonchev–Trinajstić information content (AvgIpc) is 2.96. The number of rotatable bonds is 21. The maximum absolute atomic E-state index is 14.9. The lowest BCUT2D eigenvalue weighted by Crippen LogP contribution is -2.35. The molecule has 5 nitrogen and oxygen atoms in total. The van der Waals surface area contributed by atoms with E-state index in [1.807, 2.05) is 38.1 Å². The summed E-state index contributed by atoms with van der Waals surface area (Å²) < 4.78 is 32.4. The van der Waals surface area contributed by atoms with Crippen LogP contribution < -0.4 is 9.47 Å². The van der Waals surface area contributed by atoms with Gasteiger partial charge in [-0.05, 0) is 79.1 Å². The number of aryl methyl sites for hydroxylation is 1. The molecule has 2 aromatic carbocycles. The Bertz CT molecular complexity index is 1050. The third kappa shape index (κ3) is 10.6. The van der Waals surface area contributed by atoms with Gasteiger partial charge >= 0.3 is 0 Å². The van der Waals surface area contributed by atoms with Crippen molar-refractivity contribution in [1.29, 1.82) is 0 Å². The highest BCUT2D eigenvalue weighted by molar-refractivity contribution is 5.66.